The molecule has 138 valence electrons. The first-order valence-electron chi connectivity index (χ1n) is 8.14. The highest BCUT2D eigenvalue weighted by atomic mass is 31.2. The molecular weight excluding hydrogens is 347 g/mol. The van der Waals surface area contributed by atoms with Gasteiger partial charge in [0, 0.05) is 6.54 Å². The molecule has 1 heterocycles. The molecule has 2 rings (SSSR count). The Morgan fingerprint density at radius 1 is 1.36 bits per heavy atom. The second-order valence-corrected chi connectivity index (χ2v) is 7.97. The summed E-state index contributed by atoms with van der Waals surface area (Å²) in [6.07, 6.45) is 0.00474. The van der Waals surface area contributed by atoms with Crippen molar-refractivity contribution in [3.05, 3.63) is 35.9 Å². The first-order chi connectivity index (χ1) is 12.0. The minimum absolute atomic E-state index is 0.0904. The summed E-state index contributed by atoms with van der Waals surface area (Å²) in [6, 6.07) is 8.30. The van der Waals surface area contributed by atoms with Crippen LogP contribution in [0.4, 0.5) is 4.79 Å². The van der Waals surface area contributed by atoms with Crippen LogP contribution in [-0.2, 0) is 25.2 Å². The molecule has 0 saturated carbocycles. The average molecular weight is 370 g/mol. The number of hydrogen-bond donors (Lipinski definition) is 2. The number of hydrogen-bond acceptors (Lipinski definition) is 5. The lowest BCUT2D eigenvalue weighted by molar-refractivity contribution is -0.140. The molecular formula is C16H23N2O6P. The van der Waals surface area contributed by atoms with E-state index in [0.717, 1.165) is 5.56 Å². The summed E-state index contributed by atoms with van der Waals surface area (Å²) in [5.74, 6) is -1.04. The minimum Gasteiger partial charge on any atom is -0.480 e. The summed E-state index contributed by atoms with van der Waals surface area (Å²) in [5, 5.41) is 11.7. The van der Waals surface area contributed by atoms with E-state index in [1.807, 2.05) is 30.3 Å². The third-order valence-electron chi connectivity index (χ3n) is 3.87. The van der Waals surface area contributed by atoms with Crippen molar-refractivity contribution in [3.63, 3.8) is 0 Å². The Bertz CT molecular complexity index is 639. The number of aliphatic carboxylic acids is 1. The number of carboxylic acid groups (broad SMARTS) is 1. The summed E-state index contributed by atoms with van der Waals surface area (Å²) in [5.41, 5.74) is 0.830. The second-order valence-electron chi connectivity index (χ2n) is 5.61. The smallest absolute Gasteiger partial charge is 0.407 e. The highest BCUT2D eigenvalue weighted by Crippen LogP contribution is 2.53. The first-order valence-corrected chi connectivity index (χ1v) is 9.90. The molecule has 1 amide bonds. The van der Waals surface area contributed by atoms with Crippen LogP contribution in [-0.4, -0.2) is 47.3 Å². The van der Waals surface area contributed by atoms with Crippen LogP contribution in [0.3, 0.4) is 0 Å². The van der Waals surface area contributed by atoms with Crippen molar-refractivity contribution in [2.75, 3.05) is 19.4 Å². The summed E-state index contributed by atoms with van der Waals surface area (Å²) >= 11 is 0. The number of alkyl carbamates (subject to hydrolysis) is 1. The lowest BCUT2D eigenvalue weighted by Gasteiger charge is -2.30. The molecule has 1 aliphatic rings. The van der Waals surface area contributed by atoms with E-state index in [-0.39, 0.29) is 19.5 Å². The van der Waals surface area contributed by atoms with Gasteiger partial charge in [0.2, 0.25) is 0 Å². The second kappa shape index (κ2) is 8.99. The Morgan fingerprint density at radius 3 is 2.72 bits per heavy atom. The van der Waals surface area contributed by atoms with Gasteiger partial charge in [0.05, 0.1) is 6.61 Å². The van der Waals surface area contributed by atoms with E-state index < -0.39 is 25.6 Å². The van der Waals surface area contributed by atoms with Gasteiger partial charge in [-0.1, -0.05) is 30.3 Å². The van der Waals surface area contributed by atoms with Crippen molar-refractivity contribution < 1.29 is 28.5 Å². The van der Waals surface area contributed by atoms with Gasteiger partial charge in [0.1, 0.15) is 18.9 Å². The number of carbonyl (C=O) groups is 2. The van der Waals surface area contributed by atoms with Crippen molar-refractivity contribution >= 4 is 19.6 Å². The average Bonchev–Trinajstić information content (AvgIpc) is 3.10. The van der Waals surface area contributed by atoms with Gasteiger partial charge in [-0.3, -0.25) is 9.36 Å². The molecule has 1 unspecified atom stereocenters. The lowest BCUT2D eigenvalue weighted by Crippen LogP contribution is -2.38. The van der Waals surface area contributed by atoms with E-state index in [1.54, 1.807) is 6.92 Å². The number of nitrogens with zero attached hydrogens (tertiary/aromatic N) is 1. The zero-order valence-corrected chi connectivity index (χ0v) is 15.0. The molecule has 2 atom stereocenters. The highest BCUT2D eigenvalue weighted by Gasteiger charge is 2.43. The normalized spacial score (nSPS) is 20.0. The number of rotatable bonds is 8. The van der Waals surface area contributed by atoms with Gasteiger partial charge < -0.3 is 19.7 Å². The number of benzene rings is 1. The van der Waals surface area contributed by atoms with Crippen LogP contribution in [0.25, 0.3) is 0 Å². The van der Waals surface area contributed by atoms with Crippen molar-refractivity contribution in [3.8, 4) is 0 Å². The van der Waals surface area contributed by atoms with E-state index in [0.29, 0.717) is 19.4 Å². The summed E-state index contributed by atoms with van der Waals surface area (Å²) < 4.78 is 24.9. The molecule has 1 saturated heterocycles. The third kappa shape index (κ3) is 5.29. The van der Waals surface area contributed by atoms with Gasteiger partial charge >= 0.3 is 12.1 Å². The molecule has 0 bridgehead atoms. The zero-order valence-electron chi connectivity index (χ0n) is 14.1. The van der Waals surface area contributed by atoms with Gasteiger partial charge in [-0.05, 0) is 25.3 Å². The maximum absolute atomic E-state index is 13.1. The van der Waals surface area contributed by atoms with Crippen molar-refractivity contribution in [2.24, 2.45) is 0 Å². The van der Waals surface area contributed by atoms with Crippen molar-refractivity contribution in [2.45, 2.75) is 32.4 Å². The standard InChI is InChI=1S/C16H23N2O6P/c1-2-24-25(22,18-10-6-9-14(18)15(19)20)12-17-16(21)23-11-13-7-4-3-5-8-13/h3-5,7-8,14H,2,6,9-12H2,1H3,(H,17,21)(H,19,20)/t14-,25?/m0/s1. The van der Waals surface area contributed by atoms with Crippen LogP contribution in [0.2, 0.25) is 0 Å². The third-order valence-corrected chi connectivity index (χ3v) is 6.35. The lowest BCUT2D eigenvalue weighted by atomic mass is 10.2. The maximum Gasteiger partial charge on any atom is 0.407 e. The predicted octanol–water partition coefficient (Wildman–Crippen LogP) is 2.65. The van der Waals surface area contributed by atoms with Gasteiger partial charge in [-0.2, -0.15) is 0 Å². The molecule has 1 fully saturated rings. The Hall–Kier alpha value is -1.89. The van der Waals surface area contributed by atoms with Crippen LogP contribution in [0.15, 0.2) is 30.3 Å². The van der Waals surface area contributed by atoms with E-state index in [4.69, 9.17) is 9.26 Å². The topological polar surface area (TPSA) is 105 Å². The Kier molecular flexibility index (Phi) is 6.99. The van der Waals surface area contributed by atoms with E-state index >= 15 is 0 Å². The van der Waals surface area contributed by atoms with Gasteiger partial charge in [-0.15, -0.1) is 0 Å². The molecule has 0 aromatic heterocycles. The fourth-order valence-electron chi connectivity index (χ4n) is 2.72. The van der Waals surface area contributed by atoms with Crippen LogP contribution in [0, 0.1) is 0 Å². The number of carbonyl (C=O) groups excluding carboxylic acids is 1. The fourth-order valence-corrected chi connectivity index (χ4v) is 4.96. The van der Waals surface area contributed by atoms with Crippen molar-refractivity contribution in [1.29, 1.82) is 0 Å². The SMILES string of the molecule is CCOP(=O)(CNC(=O)OCc1ccccc1)N1CCC[C@H]1C(=O)O. The number of ether oxygens (including phenoxy) is 1. The summed E-state index contributed by atoms with van der Waals surface area (Å²) in [7, 11) is -3.49. The highest BCUT2D eigenvalue weighted by molar-refractivity contribution is 7.56. The first kappa shape index (κ1) is 19.4. The van der Waals surface area contributed by atoms with Crippen molar-refractivity contribution in [1.82, 2.24) is 9.99 Å². The van der Waals surface area contributed by atoms with Gasteiger partial charge in [-0.25, -0.2) is 9.46 Å². The monoisotopic (exact) mass is 370 g/mol. The van der Waals surface area contributed by atoms with E-state index in [9.17, 15) is 19.3 Å². The molecule has 1 aliphatic heterocycles. The minimum atomic E-state index is -3.49. The molecule has 25 heavy (non-hydrogen) atoms. The Labute approximate surface area is 146 Å². The summed E-state index contributed by atoms with van der Waals surface area (Å²) in [4.78, 5) is 23.2. The number of amides is 1. The largest absolute Gasteiger partial charge is 0.480 e. The van der Waals surface area contributed by atoms with Crippen LogP contribution < -0.4 is 5.32 Å². The Balaban J connectivity index is 1.93. The summed E-state index contributed by atoms with van der Waals surface area (Å²) in [6.45, 7) is 2.27. The fraction of sp³-hybridized carbons (Fsp3) is 0.500. The van der Waals surface area contributed by atoms with E-state index in [1.165, 1.54) is 4.67 Å². The van der Waals surface area contributed by atoms with Gasteiger partial charge in [0.25, 0.3) is 7.52 Å². The van der Waals surface area contributed by atoms with E-state index in [2.05, 4.69) is 5.32 Å². The molecule has 9 heteroatoms. The molecule has 8 nitrogen and oxygen atoms in total. The van der Waals surface area contributed by atoms with Crippen LogP contribution >= 0.6 is 7.52 Å². The zero-order chi connectivity index (χ0) is 18.3. The quantitative estimate of drug-likeness (QED) is 0.678. The molecule has 0 spiro atoms. The Morgan fingerprint density at radius 2 is 2.08 bits per heavy atom. The molecule has 0 radical (unpaired) electrons. The molecule has 0 aliphatic carbocycles. The molecule has 1 aromatic carbocycles. The molecule has 2 N–H and O–H groups in total. The van der Waals surface area contributed by atoms with Gasteiger partial charge in [0.15, 0.2) is 0 Å². The van der Waals surface area contributed by atoms with Crippen LogP contribution in [0.1, 0.15) is 25.3 Å². The molecule has 1 aromatic rings. The van der Waals surface area contributed by atoms with Crippen LogP contribution in [0.5, 0.6) is 0 Å². The predicted molar refractivity (Wildman–Crippen MR) is 91.2 cm³/mol. The number of nitrogens with one attached hydrogen (secondary N) is 1. The maximum atomic E-state index is 13.1. The number of carboxylic acids is 1.